The molecule has 2 N–H and O–H groups in total. The Morgan fingerprint density at radius 1 is 1.08 bits per heavy atom. The molecule has 3 nitrogen and oxygen atoms in total. The average molecular weight is 337 g/mol. The Kier molecular flexibility index (Phi) is 3.79. The molecular weight excluding hydrogens is 326 g/mol. The number of fused-ring (bicyclic) bond motifs is 1. The molecule has 24 heavy (non-hydrogen) atoms. The van der Waals surface area contributed by atoms with Crippen LogP contribution in [0.1, 0.15) is 11.1 Å². The van der Waals surface area contributed by atoms with Crippen LogP contribution in [-0.4, -0.2) is 16.1 Å². The summed E-state index contributed by atoms with van der Waals surface area (Å²) >= 11 is 0. The number of aromatic amines is 1. The van der Waals surface area contributed by atoms with E-state index in [1.807, 2.05) is 0 Å². The number of halogens is 4. The average Bonchev–Trinajstić information content (AvgIpc) is 2.84. The maximum absolute atomic E-state index is 13.5. The summed E-state index contributed by atoms with van der Waals surface area (Å²) in [4.78, 5) is 14.1. The summed E-state index contributed by atoms with van der Waals surface area (Å²) in [5.74, 6) is -1.64. The van der Waals surface area contributed by atoms with Gasteiger partial charge in [-0.2, -0.15) is 13.2 Å². The normalized spacial score (nSPS) is 11.8. The highest BCUT2D eigenvalue weighted by Crippen LogP contribution is 2.34. The minimum atomic E-state index is -4.45. The lowest BCUT2D eigenvalue weighted by molar-refractivity contribution is -0.138. The monoisotopic (exact) mass is 337 g/mol. The minimum absolute atomic E-state index is 0.330. The number of alkyl halides is 3. The standard InChI is InChI=1S/C17H11F4NO2/c18-11-5-6-14-12(7-11)13(8-15(23)24)16(22-14)9-1-3-10(4-2-9)17(19,20)21/h1-7,22H,8H2,(H,23,24). The van der Waals surface area contributed by atoms with Crippen molar-refractivity contribution in [1.82, 2.24) is 4.98 Å². The molecule has 0 saturated heterocycles. The number of carboxylic acids is 1. The number of rotatable bonds is 3. The molecule has 0 fully saturated rings. The van der Waals surface area contributed by atoms with Gasteiger partial charge in [0.1, 0.15) is 5.82 Å². The molecule has 0 unspecified atom stereocenters. The predicted molar refractivity (Wildman–Crippen MR) is 80.0 cm³/mol. The number of hydrogen-bond donors (Lipinski definition) is 2. The van der Waals surface area contributed by atoms with E-state index in [0.717, 1.165) is 12.1 Å². The molecule has 3 rings (SSSR count). The van der Waals surface area contributed by atoms with Crippen LogP contribution in [0.5, 0.6) is 0 Å². The van der Waals surface area contributed by atoms with Crippen LogP contribution in [0.3, 0.4) is 0 Å². The van der Waals surface area contributed by atoms with E-state index in [2.05, 4.69) is 4.98 Å². The first-order valence-corrected chi connectivity index (χ1v) is 6.95. The van der Waals surface area contributed by atoms with Gasteiger partial charge in [-0.1, -0.05) is 12.1 Å². The van der Waals surface area contributed by atoms with Crippen molar-refractivity contribution < 1.29 is 27.5 Å². The number of nitrogens with one attached hydrogen (secondary N) is 1. The summed E-state index contributed by atoms with van der Waals surface area (Å²) in [7, 11) is 0. The van der Waals surface area contributed by atoms with Gasteiger partial charge in [0, 0.05) is 10.9 Å². The van der Waals surface area contributed by atoms with Gasteiger partial charge in [-0.25, -0.2) is 4.39 Å². The molecule has 1 aromatic heterocycles. The molecule has 7 heteroatoms. The van der Waals surface area contributed by atoms with E-state index in [1.54, 1.807) is 0 Å². The molecule has 0 aliphatic heterocycles. The third-order valence-electron chi connectivity index (χ3n) is 3.70. The van der Waals surface area contributed by atoms with E-state index < -0.39 is 23.5 Å². The second-order valence-electron chi connectivity index (χ2n) is 5.31. The van der Waals surface area contributed by atoms with Crippen LogP contribution >= 0.6 is 0 Å². The molecular formula is C17H11F4NO2. The highest BCUT2D eigenvalue weighted by Gasteiger charge is 2.30. The van der Waals surface area contributed by atoms with Crippen LogP contribution in [0, 0.1) is 5.82 Å². The first kappa shape index (κ1) is 16.0. The molecule has 0 aliphatic rings. The van der Waals surface area contributed by atoms with E-state index in [0.29, 0.717) is 27.7 Å². The first-order valence-electron chi connectivity index (χ1n) is 6.95. The summed E-state index contributed by atoms with van der Waals surface area (Å²) < 4.78 is 51.4. The van der Waals surface area contributed by atoms with Crippen molar-refractivity contribution in [3.8, 4) is 11.3 Å². The SMILES string of the molecule is O=C(O)Cc1c(-c2ccc(C(F)(F)F)cc2)[nH]c2ccc(F)cc12. The third kappa shape index (κ3) is 2.97. The zero-order chi connectivity index (χ0) is 17.5. The maximum atomic E-state index is 13.5. The van der Waals surface area contributed by atoms with Gasteiger partial charge in [-0.05, 0) is 41.5 Å². The Hall–Kier alpha value is -2.83. The number of carbonyl (C=O) groups is 1. The lowest BCUT2D eigenvalue weighted by atomic mass is 10.0. The predicted octanol–water partition coefficient (Wildman–Crippen LogP) is 4.62. The van der Waals surface area contributed by atoms with E-state index in [9.17, 15) is 22.4 Å². The number of benzene rings is 2. The van der Waals surface area contributed by atoms with Crippen molar-refractivity contribution >= 4 is 16.9 Å². The molecule has 0 spiro atoms. The van der Waals surface area contributed by atoms with Crippen molar-refractivity contribution in [2.75, 3.05) is 0 Å². The zero-order valence-corrected chi connectivity index (χ0v) is 12.1. The highest BCUT2D eigenvalue weighted by atomic mass is 19.4. The van der Waals surface area contributed by atoms with Gasteiger partial charge < -0.3 is 10.1 Å². The van der Waals surface area contributed by atoms with E-state index in [-0.39, 0.29) is 6.42 Å². The zero-order valence-electron chi connectivity index (χ0n) is 12.1. The quantitative estimate of drug-likeness (QED) is 0.685. The van der Waals surface area contributed by atoms with Gasteiger partial charge in [0.05, 0.1) is 17.7 Å². The molecule has 2 aromatic carbocycles. The van der Waals surface area contributed by atoms with Crippen molar-refractivity contribution in [3.63, 3.8) is 0 Å². The summed E-state index contributed by atoms with van der Waals surface area (Å²) in [5, 5.41) is 9.48. The van der Waals surface area contributed by atoms with E-state index in [4.69, 9.17) is 5.11 Å². The number of hydrogen-bond acceptors (Lipinski definition) is 1. The molecule has 0 bridgehead atoms. The van der Waals surface area contributed by atoms with Crippen LogP contribution in [0.2, 0.25) is 0 Å². The third-order valence-corrected chi connectivity index (χ3v) is 3.70. The summed E-state index contributed by atoms with van der Waals surface area (Å²) in [6.45, 7) is 0. The van der Waals surface area contributed by atoms with Crippen LogP contribution in [-0.2, 0) is 17.4 Å². The van der Waals surface area contributed by atoms with Gasteiger partial charge in [0.25, 0.3) is 0 Å². The maximum Gasteiger partial charge on any atom is 0.416 e. The lowest BCUT2D eigenvalue weighted by Gasteiger charge is -2.08. The van der Waals surface area contributed by atoms with Gasteiger partial charge >= 0.3 is 12.1 Å². The van der Waals surface area contributed by atoms with Gasteiger partial charge in [0.2, 0.25) is 0 Å². The minimum Gasteiger partial charge on any atom is -0.481 e. The lowest BCUT2D eigenvalue weighted by Crippen LogP contribution is -2.04. The summed E-state index contributed by atoms with van der Waals surface area (Å²) in [6.07, 6.45) is -4.83. The Morgan fingerprint density at radius 3 is 2.33 bits per heavy atom. The second kappa shape index (κ2) is 5.67. The van der Waals surface area contributed by atoms with Crippen molar-refractivity contribution in [2.45, 2.75) is 12.6 Å². The smallest absolute Gasteiger partial charge is 0.416 e. The number of H-pyrrole nitrogens is 1. The molecule has 0 amide bonds. The number of aliphatic carboxylic acids is 1. The molecule has 3 aromatic rings. The van der Waals surface area contributed by atoms with Crippen LogP contribution in [0.25, 0.3) is 22.2 Å². The van der Waals surface area contributed by atoms with Crippen molar-refractivity contribution in [3.05, 3.63) is 59.4 Å². The molecule has 0 saturated carbocycles. The number of aromatic nitrogens is 1. The van der Waals surface area contributed by atoms with Crippen LogP contribution < -0.4 is 0 Å². The van der Waals surface area contributed by atoms with Gasteiger partial charge in [0.15, 0.2) is 0 Å². The molecule has 0 radical (unpaired) electrons. The van der Waals surface area contributed by atoms with Crippen molar-refractivity contribution in [2.24, 2.45) is 0 Å². The number of carboxylic acid groups (broad SMARTS) is 1. The van der Waals surface area contributed by atoms with Crippen LogP contribution in [0.15, 0.2) is 42.5 Å². The Balaban J connectivity index is 2.16. The Bertz CT molecular complexity index is 911. The summed E-state index contributed by atoms with van der Waals surface area (Å²) in [6, 6.07) is 8.25. The molecule has 1 heterocycles. The first-order chi connectivity index (χ1) is 11.3. The molecule has 0 aliphatic carbocycles. The fourth-order valence-electron chi connectivity index (χ4n) is 2.63. The van der Waals surface area contributed by atoms with E-state index in [1.165, 1.54) is 30.3 Å². The fourth-order valence-corrected chi connectivity index (χ4v) is 2.63. The molecule has 0 atom stereocenters. The largest absolute Gasteiger partial charge is 0.481 e. The fraction of sp³-hybridized carbons (Fsp3) is 0.118. The van der Waals surface area contributed by atoms with E-state index >= 15 is 0 Å². The van der Waals surface area contributed by atoms with Crippen molar-refractivity contribution in [1.29, 1.82) is 0 Å². The van der Waals surface area contributed by atoms with Gasteiger partial charge in [-0.3, -0.25) is 4.79 Å². The Labute approximate surface area is 133 Å². The molecule has 124 valence electrons. The Morgan fingerprint density at radius 2 is 1.75 bits per heavy atom. The summed E-state index contributed by atoms with van der Waals surface area (Å²) in [5.41, 5.74) is 0.815. The highest BCUT2D eigenvalue weighted by molar-refractivity contribution is 5.94. The second-order valence-corrected chi connectivity index (χ2v) is 5.31. The van der Waals surface area contributed by atoms with Gasteiger partial charge in [-0.15, -0.1) is 0 Å². The van der Waals surface area contributed by atoms with Crippen LogP contribution in [0.4, 0.5) is 17.6 Å². The topological polar surface area (TPSA) is 53.1 Å².